The number of hydrogen-bond donors (Lipinski definition) is 0. The third-order valence-electron chi connectivity index (χ3n) is 1.57. The van der Waals surface area contributed by atoms with E-state index in [9.17, 15) is 4.79 Å². The third-order valence-corrected chi connectivity index (χ3v) is 2.91. The summed E-state index contributed by atoms with van der Waals surface area (Å²) in [5.41, 5.74) is 0. The molecule has 1 fully saturated rings. The Labute approximate surface area is 89.9 Å². The summed E-state index contributed by atoms with van der Waals surface area (Å²) in [4.78, 5) is 11.2. The van der Waals surface area contributed by atoms with Crippen LogP contribution in [0.3, 0.4) is 0 Å². The van der Waals surface area contributed by atoms with E-state index in [1.54, 1.807) is 18.4 Å². The molecule has 0 radical (unpaired) electrons. The van der Waals surface area contributed by atoms with Crippen molar-refractivity contribution in [2.24, 2.45) is 5.10 Å². The molecule has 1 saturated heterocycles. The molecule has 1 aromatic heterocycles. The lowest BCUT2D eigenvalue weighted by Gasteiger charge is -2.05. The van der Waals surface area contributed by atoms with Crippen LogP contribution in [-0.4, -0.2) is 27.2 Å². The first-order valence-electron chi connectivity index (χ1n) is 3.84. The van der Waals surface area contributed by atoms with Crippen molar-refractivity contribution in [2.45, 2.75) is 0 Å². The molecule has 0 aliphatic carbocycles. The van der Waals surface area contributed by atoms with Crippen LogP contribution >= 0.6 is 24.0 Å². The first-order valence-corrected chi connectivity index (χ1v) is 5.24. The minimum atomic E-state index is -0.0946. The Bertz CT molecular complexity index is 370. The number of thioether (sulfide) groups is 1. The highest BCUT2D eigenvalue weighted by Gasteiger charge is 2.25. The monoisotopic (exact) mass is 226 g/mol. The summed E-state index contributed by atoms with van der Waals surface area (Å²) in [5, 5.41) is 5.14. The van der Waals surface area contributed by atoms with Gasteiger partial charge in [0.05, 0.1) is 18.2 Å². The van der Waals surface area contributed by atoms with Gasteiger partial charge in [-0.25, -0.2) is 0 Å². The van der Waals surface area contributed by atoms with E-state index >= 15 is 0 Å². The van der Waals surface area contributed by atoms with Crippen LogP contribution in [0.1, 0.15) is 5.76 Å². The number of carbonyl (C=O) groups is 1. The Balaban J connectivity index is 2.10. The number of carbonyl (C=O) groups excluding carboxylic acids is 1. The lowest BCUT2D eigenvalue weighted by atomic mass is 10.5. The molecular weight excluding hydrogens is 220 g/mol. The molecular formula is C8H6N2O2S2. The molecule has 0 spiro atoms. The molecule has 0 unspecified atom stereocenters. The molecule has 0 saturated carbocycles. The van der Waals surface area contributed by atoms with Crippen molar-refractivity contribution >= 4 is 40.4 Å². The number of thiocarbonyl (C=S) groups is 1. The molecule has 0 aromatic carbocycles. The van der Waals surface area contributed by atoms with Gasteiger partial charge in [0.15, 0.2) is 4.32 Å². The van der Waals surface area contributed by atoms with Crippen molar-refractivity contribution < 1.29 is 9.21 Å². The zero-order valence-corrected chi connectivity index (χ0v) is 8.68. The fraction of sp³-hybridized carbons (Fsp3) is 0.125. The first-order chi connectivity index (χ1) is 6.77. The molecule has 1 aliphatic heterocycles. The van der Waals surface area contributed by atoms with Crippen molar-refractivity contribution in [1.29, 1.82) is 0 Å². The summed E-state index contributed by atoms with van der Waals surface area (Å²) in [7, 11) is 0. The summed E-state index contributed by atoms with van der Waals surface area (Å²) in [6.45, 7) is 0. The summed E-state index contributed by atoms with van der Waals surface area (Å²) < 4.78 is 5.51. The van der Waals surface area contributed by atoms with Crippen molar-refractivity contribution in [3.63, 3.8) is 0 Å². The van der Waals surface area contributed by atoms with Gasteiger partial charge in [-0.3, -0.25) is 4.79 Å². The lowest BCUT2D eigenvalue weighted by Crippen LogP contribution is -2.22. The number of amides is 1. The summed E-state index contributed by atoms with van der Waals surface area (Å²) in [5.74, 6) is 0.870. The van der Waals surface area contributed by atoms with Crippen LogP contribution in [0, 0.1) is 0 Å². The second-order valence-corrected chi connectivity index (χ2v) is 4.13. The Kier molecular flexibility index (Phi) is 2.64. The third kappa shape index (κ3) is 1.85. The lowest BCUT2D eigenvalue weighted by molar-refractivity contribution is -0.123. The van der Waals surface area contributed by atoms with Gasteiger partial charge in [-0.05, 0) is 12.1 Å². The summed E-state index contributed by atoms with van der Waals surface area (Å²) in [6, 6.07) is 3.50. The van der Waals surface area contributed by atoms with Crippen LogP contribution in [0.25, 0.3) is 0 Å². The standard InChI is InChI=1S/C8H6N2O2S2/c11-7-5-14-8(13)10(7)9-4-6-2-1-3-12-6/h1-4H,5H2. The van der Waals surface area contributed by atoms with Crippen molar-refractivity contribution in [3.05, 3.63) is 24.2 Å². The topological polar surface area (TPSA) is 45.8 Å². The summed E-state index contributed by atoms with van der Waals surface area (Å²) >= 11 is 6.25. The second-order valence-electron chi connectivity index (χ2n) is 2.52. The zero-order chi connectivity index (χ0) is 9.97. The zero-order valence-electron chi connectivity index (χ0n) is 7.04. The second kappa shape index (κ2) is 3.93. The maximum atomic E-state index is 11.2. The highest BCUT2D eigenvalue weighted by Crippen LogP contribution is 2.19. The van der Waals surface area contributed by atoms with E-state index in [1.165, 1.54) is 23.0 Å². The average Bonchev–Trinajstić information content (AvgIpc) is 2.76. The Morgan fingerprint density at radius 2 is 2.57 bits per heavy atom. The molecule has 1 aromatic rings. The maximum Gasteiger partial charge on any atom is 0.259 e. The Morgan fingerprint density at radius 3 is 3.14 bits per heavy atom. The molecule has 72 valence electrons. The Morgan fingerprint density at radius 1 is 1.71 bits per heavy atom. The van der Waals surface area contributed by atoms with E-state index in [0.717, 1.165) is 0 Å². The highest BCUT2D eigenvalue weighted by molar-refractivity contribution is 8.23. The fourth-order valence-electron chi connectivity index (χ4n) is 0.938. The normalized spacial score (nSPS) is 17.3. The van der Waals surface area contributed by atoms with Crippen LogP contribution in [0.2, 0.25) is 0 Å². The maximum absolute atomic E-state index is 11.2. The van der Waals surface area contributed by atoms with Gasteiger partial charge < -0.3 is 4.42 Å². The SMILES string of the molecule is O=C1CSC(=S)N1N=Cc1ccco1. The quantitative estimate of drug-likeness (QED) is 0.566. The van der Waals surface area contributed by atoms with Crippen molar-refractivity contribution in [1.82, 2.24) is 5.01 Å². The van der Waals surface area contributed by atoms with Crippen LogP contribution in [-0.2, 0) is 4.79 Å². The van der Waals surface area contributed by atoms with E-state index < -0.39 is 0 Å². The van der Waals surface area contributed by atoms with Gasteiger partial charge in [0, 0.05) is 0 Å². The Hall–Kier alpha value is -1.14. The van der Waals surface area contributed by atoms with Crippen LogP contribution in [0.4, 0.5) is 0 Å². The molecule has 0 N–H and O–H groups in total. The van der Waals surface area contributed by atoms with E-state index in [0.29, 0.717) is 15.8 Å². The van der Waals surface area contributed by atoms with Crippen molar-refractivity contribution in [2.75, 3.05) is 5.75 Å². The molecule has 2 rings (SSSR count). The predicted octanol–water partition coefficient (Wildman–Crippen LogP) is 1.47. The smallest absolute Gasteiger partial charge is 0.259 e. The van der Waals surface area contributed by atoms with E-state index in [1.807, 2.05) is 0 Å². The fourth-order valence-corrected chi connectivity index (χ4v) is 1.90. The molecule has 6 heteroatoms. The minimum Gasteiger partial charge on any atom is -0.463 e. The minimum absolute atomic E-state index is 0.0946. The van der Waals surface area contributed by atoms with Gasteiger partial charge >= 0.3 is 0 Å². The van der Waals surface area contributed by atoms with Gasteiger partial charge in [0.2, 0.25) is 0 Å². The highest BCUT2D eigenvalue weighted by atomic mass is 32.2. The predicted molar refractivity (Wildman–Crippen MR) is 58.2 cm³/mol. The first kappa shape index (κ1) is 9.42. The molecule has 0 bridgehead atoms. The van der Waals surface area contributed by atoms with Crippen molar-refractivity contribution in [3.8, 4) is 0 Å². The summed E-state index contributed by atoms with van der Waals surface area (Å²) in [6.07, 6.45) is 3.01. The van der Waals surface area contributed by atoms with E-state index in [2.05, 4.69) is 5.10 Å². The van der Waals surface area contributed by atoms with E-state index in [4.69, 9.17) is 16.6 Å². The number of hydrazone groups is 1. The molecule has 1 amide bonds. The van der Waals surface area contributed by atoms with Crippen LogP contribution < -0.4 is 0 Å². The van der Waals surface area contributed by atoms with E-state index in [-0.39, 0.29) is 5.91 Å². The molecule has 14 heavy (non-hydrogen) atoms. The molecule has 1 aliphatic rings. The number of rotatable bonds is 2. The van der Waals surface area contributed by atoms with Gasteiger partial charge in [-0.2, -0.15) is 10.1 Å². The van der Waals surface area contributed by atoms with Crippen LogP contribution in [0.5, 0.6) is 0 Å². The van der Waals surface area contributed by atoms with Gasteiger partial charge in [0.1, 0.15) is 5.76 Å². The number of furan rings is 1. The largest absolute Gasteiger partial charge is 0.463 e. The average molecular weight is 226 g/mol. The molecule has 0 atom stereocenters. The van der Waals surface area contributed by atoms with Gasteiger partial charge in [-0.15, -0.1) is 0 Å². The molecule has 2 heterocycles. The van der Waals surface area contributed by atoms with Gasteiger partial charge in [-0.1, -0.05) is 24.0 Å². The van der Waals surface area contributed by atoms with Gasteiger partial charge in [0.25, 0.3) is 5.91 Å². The number of hydrogen-bond acceptors (Lipinski definition) is 5. The molecule has 4 nitrogen and oxygen atoms in total. The number of nitrogens with zero attached hydrogens (tertiary/aromatic N) is 2. The van der Waals surface area contributed by atoms with Crippen LogP contribution in [0.15, 0.2) is 27.9 Å².